The van der Waals surface area contributed by atoms with E-state index in [2.05, 4.69) is 168 Å². The van der Waals surface area contributed by atoms with E-state index in [-0.39, 0.29) is 0 Å². The molecule has 8 rings (SSSR count). The van der Waals surface area contributed by atoms with Gasteiger partial charge in [-0.1, -0.05) is 97.1 Å². The zero-order valence-electron chi connectivity index (χ0n) is 23.5. The summed E-state index contributed by atoms with van der Waals surface area (Å²) in [7, 11) is 0. The van der Waals surface area contributed by atoms with Crippen molar-refractivity contribution in [3.63, 3.8) is 0 Å². The van der Waals surface area contributed by atoms with Crippen LogP contribution in [0.2, 0.25) is 0 Å². The summed E-state index contributed by atoms with van der Waals surface area (Å²) in [6.45, 7) is 0. The van der Waals surface area contributed by atoms with Gasteiger partial charge in [0.2, 0.25) is 0 Å². The van der Waals surface area contributed by atoms with Crippen molar-refractivity contribution in [2.24, 2.45) is 0 Å². The number of ether oxygens (including phenoxy) is 1. The molecule has 0 aliphatic carbocycles. The molecule has 0 bridgehead atoms. The quantitative estimate of drug-likeness (QED) is 0.204. The minimum atomic E-state index is 0.836. The monoisotopic (exact) mass is 552 g/mol. The van der Waals surface area contributed by atoms with E-state index < -0.39 is 0 Å². The maximum absolute atomic E-state index is 7.00. The molecule has 204 valence electrons. The minimum Gasteiger partial charge on any atom is -0.454 e. The average Bonchev–Trinajstić information content (AvgIpc) is 3.08. The fraction of sp³-hybridized carbons (Fsp3) is 0. The summed E-state index contributed by atoms with van der Waals surface area (Å²) in [5, 5.41) is 2.28. The number of anilines is 6. The summed E-state index contributed by atoms with van der Waals surface area (Å²) in [5.41, 5.74) is 8.62. The molecular weight excluding hydrogens is 524 g/mol. The lowest BCUT2D eigenvalue weighted by atomic mass is 9.93. The van der Waals surface area contributed by atoms with Crippen LogP contribution in [0.4, 0.5) is 34.1 Å². The SMILES string of the molecule is c1ccc(N(c2ccccc2)c2ccc3c(c2)Oc2c(N(c4ccccc4)c4ccccc4)ccc4cccc-3c24)cc1. The molecule has 3 heteroatoms. The van der Waals surface area contributed by atoms with Gasteiger partial charge in [-0.15, -0.1) is 0 Å². The Balaban J connectivity index is 1.33. The molecule has 0 spiro atoms. The van der Waals surface area contributed by atoms with Crippen molar-refractivity contribution in [3.05, 3.63) is 170 Å². The van der Waals surface area contributed by atoms with Crippen molar-refractivity contribution in [2.45, 2.75) is 0 Å². The molecule has 0 atom stereocenters. The third-order valence-corrected chi connectivity index (χ3v) is 8.00. The van der Waals surface area contributed by atoms with Crippen molar-refractivity contribution >= 4 is 44.9 Å². The normalized spacial score (nSPS) is 11.4. The van der Waals surface area contributed by atoms with Crippen molar-refractivity contribution < 1.29 is 4.74 Å². The Bertz CT molecular complexity index is 1960. The van der Waals surface area contributed by atoms with Crippen LogP contribution in [0.25, 0.3) is 21.9 Å². The van der Waals surface area contributed by atoms with Gasteiger partial charge in [0.15, 0.2) is 5.75 Å². The number of hydrogen-bond acceptors (Lipinski definition) is 3. The topological polar surface area (TPSA) is 15.7 Å². The van der Waals surface area contributed by atoms with Crippen LogP contribution in [0.1, 0.15) is 0 Å². The Morgan fingerprint density at radius 2 is 0.907 bits per heavy atom. The second kappa shape index (κ2) is 10.6. The Hall–Kier alpha value is -5.80. The van der Waals surface area contributed by atoms with Crippen LogP contribution in [-0.2, 0) is 0 Å². The number of para-hydroxylation sites is 4. The van der Waals surface area contributed by atoms with Gasteiger partial charge in [0.05, 0.1) is 5.69 Å². The molecule has 0 radical (unpaired) electrons. The number of benzene rings is 7. The Labute approximate surface area is 251 Å². The fourth-order valence-corrected chi connectivity index (χ4v) is 6.09. The number of hydrogen-bond donors (Lipinski definition) is 0. The lowest BCUT2D eigenvalue weighted by molar-refractivity contribution is 0.488. The van der Waals surface area contributed by atoms with E-state index in [9.17, 15) is 0 Å². The summed E-state index contributed by atoms with van der Waals surface area (Å²) in [4.78, 5) is 4.55. The molecule has 1 heterocycles. The van der Waals surface area contributed by atoms with Crippen molar-refractivity contribution in [2.75, 3.05) is 9.80 Å². The van der Waals surface area contributed by atoms with Gasteiger partial charge in [-0.2, -0.15) is 0 Å². The van der Waals surface area contributed by atoms with Gasteiger partial charge in [-0.05, 0) is 77.7 Å². The fourth-order valence-electron chi connectivity index (χ4n) is 6.09. The molecule has 0 fully saturated rings. The van der Waals surface area contributed by atoms with Crippen LogP contribution in [-0.4, -0.2) is 0 Å². The first-order valence-electron chi connectivity index (χ1n) is 14.5. The molecule has 0 saturated carbocycles. The lowest BCUT2D eigenvalue weighted by Crippen LogP contribution is -2.13. The third-order valence-electron chi connectivity index (χ3n) is 8.00. The van der Waals surface area contributed by atoms with Crippen LogP contribution in [0.3, 0.4) is 0 Å². The van der Waals surface area contributed by atoms with Crippen molar-refractivity contribution in [3.8, 4) is 22.6 Å². The van der Waals surface area contributed by atoms with E-state index in [1.54, 1.807) is 0 Å². The predicted molar refractivity (Wildman–Crippen MR) is 179 cm³/mol. The van der Waals surface area contributed by atoms with Gasteiger partial charge in [0.1, 0.15) is 5.75 Å². The summed E-state index contributed by atoms with van der Waals surface area (Å²) in [6, 6.07) is 59.4. The maximum Gasteiger partial charge on any atom is 0.159 e. The summed E-state index contributed by atoms with van der Waals surface area (Å²) in [6.07, 6.45) is 0. The molecule has 1 aliphatic rings. The number of fused-ring (bicyclic) bond motifs is 2. The number of rotatable bonds is 6. The molecule has 0 saturated heterocycles. The van der Waals surface area contributed by atoms with E-state index in [1.807, 2.05) is 12.1 Å². The van der Waals surface area contributed by atoms with Gasteiger partial charge in [-0.3, -0.25) is 0 Å². The summed E-state index contributed by atoms with van der Waals surface area (Å²) in [5.74, 6) is 1.69. The minimum absolute atomic E-state index is 0.836. The molecule has 0 amide bonds. The van der Waals surface area contributed by atoms with Crippen LogP contribution in [0.5, 0.6) is 11.5 Å². The summed E-state index contributed by atoms with van der Waals surface area (Å²) < 4.78 is 7.00. The largest absolute Gasteiger partial charge is 0.454 e. The zero-order valence-corrected chi connectivity index (χ0v) is 23.5. The van der Waals surface area contributed by atoms with Gasteiger partial charge < -0.3 is 14.5 Å². The van der Waals surface area contributed by atoms with Crippen molar-refractivity contribution in [1.82, 2.24) is 0 Å². The molecule has 43 heavy (non-hydrogen) atoms. The van der Waals surface area contributed by atoms with Gasteiger partial charge in [0, 0.05) is 45.5 Å². The highest BCUT2D eigenvalue weighted by molar-refractivity contribution is 6.08. The molecule has 0 unspecified atom stereocenters. The third kappa shape index (κ3) is 4.39. The highest BCUT2D eigenvalue weighted by Crippen LogP contribution is 2.53. The van der Waals surface area contributed by atoms with Crippen LogP contribution in [0.15, 0.2) is 170 Å². The zero-order chi connectivity index (χ0) is 28.6. The molecular formula is C40H28N2O. The van der Waals surface area contributed by atoms with Crippen molar-refractivity contribution in [1.29, 1.82) is 0 Å². The summed E-state index contributed by atoms with van der Waals surface area (Å²) >= 11 is 0. The van der Waals surface area contributed by atoms with E-state index in [4.69, 9.17) is 4.74 Å². The standard InChI is InChI=1S/C40H28N2O/c1-5-15-30(16-6-1)41(31-17-7-2-8-18-31)34-25-26-35-36-23-13-14-29-24-27-37(40(39(29)36)43-38(35)28-34)42(32-19-9-3-10-20-32)33-21-11-4-12-22-33/h1-28H. The molecule has 3 nitrogen and oxygen atoms in total. The van der Waals surface area contributed by atoms with E-state index in [1.165, 1.54) is 5.56 Å². The molecule has 0 aromatic heterocycles. The highest BCUT2D eigenvalue weighted by Gasteiger charge is 2.27. The smallest absolute Gasteiger partial charge is 0.159 e. The van der Waals surface area contributed by atoms with Gasteiger partial charge in [-0.25, -0.2) is 0 Å². The van der Waals surface area contributed by atoms with E-state index in [0.717, 1.165) is 62.0 Å². The molecule has 7 aromatic carbocycles. The highest BCUT2D eigenvalue weighted by atomic mass is 16.5. The van der Waals surface area contributed by atoms with E-state index in [0.29, 0.717) is 0 Å². The van der Waals surface area contributed by atoms with Gasteiger partial charge in [0.25, 0.3) is 0 Å². The van der Waals surface area contributed by atoms with Gasteiger partial charge >= 0.3 is 0 Å². The average molecular weight is 553 g/mol. The van der Waals surface area contributed by atoms with Crippen LogP contribution in [0, 0.1) is 0 Å². The predicted octanol–water partition coefficient (Wildman–Crippen LogP) is 11.6. The Morgan fingerprint density at radius 1 is 0.372 bits per heavy atom. The Kier molecular flexibility index (Phi) is 6.12. The molecule has 7 aromatic rings. The second-order valence-corrected chi connectivity index (χ2v) is 10.6. The van der Waals surface area contributed by atoms with Crippen LogP contribution < -0.4 is 14.5 Å². The van der Waals surface area contributed by atoms with Crippen LogP contribution >= 0.6 is 0 Å². The number of nitrogens with zero attached hydrogens (tertiary/aromatic N) is 2. The lowest BCUT2D eigenvalue weighted by Gasteiger charge is -2.31. The first-order chi connectivity index (χ1) is 21.3. The first kappa shape index (κ1) is 25.0. The molecule has 1 aliphatic heterocycles. The second-order valence-electron chi connectivity index (χ2n) is 10.6. The first-order valence-corrected chi connectivity index (χ1v) is 14.5. The maximum atomic E-state index is 7.00. The van der Waals surface area contributed by atoms with E-state index >= 15 is 0 Å². The molecule has 0 N–H and O–H groups in total. The Morgan fingerprint density at radius 3 is 1.47 bits per heavy atom.